The molecule has 1 heterocycles. The molecule has 0 fully saturated rings. The monoisotopic (exact) mass is 281 g/mol. The molecule has 0 saturated heterocycles. The van der Waals surface area contributed by atoms with Gasteiger partial charge in [0.2, 0.25) is 0 Å². The Morgan fingerprint density at radius 3 is 2.57 bits per heavy atom. The molecule has 108 valence electrons. The smallest absolute Gasteiger partial charge is 0.268 e. The van der Waals surface area contributed by atoms with Gasteiger partial charge in [-0.3, -0.25) is 4.79 Å². The Kier molecular flexibility index (Phi) is 3.65. The highest BCUT2D eigenvalue weighted by Gasteiger charge is 2.33. The zero-order chi connectivity index (χ0) is 14.8. The Balaban J connectivity index is 1.79. The van der Waals surface area contributed by atoms with Gasteiger partial charge in [-0.05, 0) is 44.0 Å². The molecule has 0 unspecified atom stereocenters. The van der Waals surface area contributed by atoms with E-state index < -0.39 is 6.10 Å². The van der Waals surface area contributed by atoms with Crippen LogP contribution in [0.3, 0.4) is 0 Å². The zero-order valence-electron chi connectivity index (χ0n) is 12.3. The van der Waals surface area contributed by atoms with E-state index in [2.05, 4.69) is 13.0 Å². The molecule has 0 N–H and O–H groups in total. The van der Waals surface area contributed by atoms with E-state index in [1.54, 1.807) is 0 Å². The molecule has 0 bridgehead atoms. The van der Waals surface area contributed by atoms with Gasteiger partial charge < -0.3 is 9.64 Å². The van der Waals surface area contributed by atoms with Gasteiger partial charge in [0.25, 0.3) is 5.91 Å². The minimum absolute atomic E-state index is 0.0105. The number of carbonyl (C=O) groups excluding carboxylic acids is 1. The van der Waals surface area contributed by atoms with E-state index in [1.807, 2.05) is 60.4 Å². The molecule has 0 aliphatic carbocycles. The summed E-state index contributed by atoms with van der Waals surface area (Å²) in [4.78, 5) is 14.6. The lowest BCUT2D eigenvalue weighted by Gasteiger charge is -2.26. The number of rotatable bonds is 3. The van der Waals surface area contributed by atoms with Crippen LogP contribution in [0.2, 0.25) is 0 Å². The van der Waals surface area contributed by atoms with Crippen LogP contribution in [-0.4, -0.2) is 18.1 Å². The number of anilines is 1. The van der Waals surface area contributed by atoms with Crippen LogP contribution in [-0.2, 0) is 11.2 Å². The number of hydrogen-bond donors (Lipinski definition) is 0. The van der Waals surface area contributed by atoms with Crippen molar-refractivity contribution in [1.82, 2.24) is 0 Å². The largest absolute Gasteiger partial charge is 0.481 e. The first-order valence-corrected chi connectivity index (χ1v) is 7.29. The summed E-state index contributed by atoms with van der Waals surface area (Å²) in [5, 5.41) is 0. The topological polar surface area (TPSA) is 29.5 Å². The molecular formula is C18H19NO2. The lowest BCUT2D eigenvalue weighted by molar-refractivity contribution is -0.124. The number of para-hydroxylation sites is 2. The highest BCUT2D eigenvalue weighted by molar-refractivity contribution is 5.99. The van der Waals surface area contributed by atoms with Crippen molar-refractivity contribution >= 4 is 11.6 Å². The Hall–Kier alpha value is -2.29. The van der Waals surface area contributed by atoms with Gasteiger partial charge >= 0.3 is 0 Å². The fourth-order valence-electron chi connectivity index (χ4n) is 2.85. The molecule has 3 rings (SSSR count). The van der Waals surface area contributed by atoms with Crippen molar-refractivity contribution in [3.8, 4) is 5.75 Å². The van der Waals surface area contributed by atoms with Crippen LogP contribution >= 0.6 is 0 Å². The summed E-state index contributed by atoms with van der Waals surface area (Å²) in [6, 6.07) is 17.7. The van der Waals surface area contributed by atoms with Crippen molar-refractivity contribution < 1.29 is 9.53 Å². The van der Waals surface area contributed by atoms with Gasteiger partial charge in [0.15, 0.2) is 6.10 Å². The standard InChI is InChI=1S/C18H19NO2/c1-13-12-15-8-6-7-11-17(15)19(13)18(20)14(2)21-16-9-4-3-5-10-16/h3-11,13-14H,12H2,1-2H3/t13-,14+/m0/s1. The van der Waals surface area contributed by atoms with Crippen LogP contribution in [0.5, 0.6) is 5.75 Å². The summed E-state index contributed by atoms with van der Waals surface area (Å²) >= 11 is 0. The van der Waals surface area contributed by atoms with E-state index in [0.717, 1.165) is 17.9 Å². The highest BCUT2D eigenvalue weighted by atomic mass is 16.5. The number of carbonyl (C=O) groups is 1. The minimum atomic E-state index is -0.499. The molecule has 0 radical (unpaired) electrons. The molecule has 0 aromatic heterocycles. The second-order valence-corrected chi connectivity index (χ2v) is 5.46. The van der Waals surface area contributed by atoms with Crippen molar-refractivity contribution in [3.05, 3.63) is 60.2 Å². The van der Waals surface area contributed by atoms with Gasteiger partial charge in [-0.2, -0.15) is 0 Å². The molecular weight excluding hydrogens is 262 g/mol. The zero-order valence-corrected chi connectivity index (χ0v) is 12.3. The Bertz CT molecular complexity index is 639. The summed E-state index contributed by atoms with van der Waals surface area (Å²) in [6.07, 6.45) is 0.404. The van der Waals surface area contributed by atoms with Gasteiger partial charge in [-0.25, -0.2) is 0 Å². The molecule has 1 aliphatic heterocycles. The van der Waals surface area contributed by atoms with Crippen molar-refractivity contribution in [2.75, 3.05) is 4.90 Å². The van der Waals surface area contributed by atoms with Crippen molar-refractivity contribution in [2.24, 2.45) is 0 Å². The molecule has 2 atom stereocenters. The van der Waals surface area contributed by atoms with Gasteiger partial charge in [0, 0.05) is 11.7 Å². The summed E-state index contributed by atoms with van der Waals surface area (Å²) < 4.78 is 5.76. The van der Waals surface area contributed by atoms with Crippen LogP contribution in [0.4, 0.5) is 5.69 Å². The molecule has 2 aromatic carbocycles. The quantitative estimate of drug-likeness (QED) is 0.862. The molecule has 3 nitrogen and oxygen atoms in total. The number of amides is 1. The Morgan fingerprint density at radius 1 is 1.14 bits per heavy atom. The highest BCUT2D eigenvalue weighted by Crippen LogP contribution is 2.32. The molecule has 2 aromatic rings. The van der Waals surface area contributed by atoms with Crippen LogP contribution in [0.1, 0.15) is 19.4 Å². The normalized spacial score (nSPS) is 18.2. The van der Waals surface area contributed by atoms with E-state index in [-0.39, 0.29) is 11.9 Å². The second kappa shape index (κ2) is 5.60. The van der Waals surface area contributed by atoms with Crippen LogP contribution in [0.15, 0.2) is 54.6 Å². The van der Waals surface area contributed by atoms with E-state index in [1.165, 1.54) is 5.56 Å². The maximum Gasteiger partial charge on any atom is 0.268 e. The Labute approximate surface area is 125 Å². The summed E-state index contributed by atoms with van der Waals surface area (Å²) in [7, 11) is 0. The molecule has 0 saturated carbocycles. The lowest BCUT2D eigenvalue weighted by Crippen LogP contribution is -2.43. The van der Waals surface area contributed by atoms with Crippen molar-refractivity contribution in [2.45, 2.75) is 32.4 Å². The number of hydrogen-bond acceptors (Lipinski definition) is 2. The summed E-state index contributed by atoms with van der Waals surface area (Å²) in [6.45, 7) is 3.89. The molecule has 3 heteroatoms. The number of nitrogens with zero attached hydrogens (tertiary/aromatic N) is 1. The first-order chi connectivity index (χ1) is 10.2. The maximum absolute atomic E-state index is 12.7. The Morgan fingerprint density at radius 2 is 1.81 bits per heavy atom. The van der Waals surface area contributed by atoms with Crippen molar-refractivity contribution in [3.63, 3.8) is 0 Å². The second-order valence-electron chi connectivity index (χ2n) is 5.46. The van der Waals surface area contributed by atoms with Crippen LogP contribution in [0.25, 0.3) is 0 Å². The summed E-state index contributed by atoms with van der Waals surface area (Å²) in [5.74, 6) is 0.731. The molecule has 0 spiro atoms. The predicted octanol–water partition coefficient (Wildman–Crippen LogP) is 3.43. The fourth-order valence-corrected chi connectivity index (χ4v) is 2.85. The number of benzene rings is 2. The third kappa shape index (κ3) is 2.64. The van der Waals surface area contributed by atoms with Crippen molar-refractivity contribution in [1.29, 1.82) is 0 Å². The molecule has 1 aliphatic rings. The van der Waals surface area contributed by atoms with E-state index in [4.69, 9.17) is 4.74 Å². The molecule has 1 amide bonds. The first-order valence-electron chi connectivity index (χ1n) is 7.29. The van der Waals surface area contributed by atoms with Crippen LogP contribution in [0, 0.1) is 0 Å². The van der Waals surface area contributed by atoms with E-state index >= 15 is 0 Å². The molecule has 21 heavy (non-hydrogen) atoms. The third-order valence-corrected chi connectivity index (χ3v) is 3.85. The number of ether oxygens (including phenoxy) is 1. The van der Waals surface area contributed by atoms with Gasteiger partial charge in [-0.1, -0.05) is 36.4 Å². The average molecular weight is 281 g/mol. The summed E-state index contributed by atoms with van der Waals surface area (Å²) in [5.41, 5.74) is 2.24. The first kappa shape index (κ1) is 13.7. The minimum Gasteiger partial charge on any atom is -0.481 e. The third-order valence-electron chi connectivity index (χ3n) is 3.85. The van der Waals surface area contributed by atoms with Gasteiger partial charge in [-0.15, -0.1) is 0 Å². The fraction of sp³-hybridized carbons (Fsp3) is 0.278. The average Bonchev–Trinajstić information content (AvgIpc) is 2.83. The van der Waals surface area contributed by atoms with Gasteiger partial charge in [0.1, 0.15) is 5.75 Å². The maximum atomic E-state index is 12.7. The van der Waals surface area contributed by atoms with E-state index in [9.17, 15) is 4.79 Å². The van der Waals surface area contributed by atoms with E-state index in [0.29, 0.717) is 0 Å². The number of fused-ring (bicyclic) bond motifs is 1. The predicted molar refractivity (Wildman–Crippen MR) is 83.6 cm³/mol. The lowest BCUT2D eigenvalue weighted by atomic mass is 10.1. The SMILES string of the molecule is C[C@@H](Oc1ccccc1)C(=O)N1c2ccccc2C[C@@H]1C. The van der Waals surface area contributed by atoms with Crippen LogP contribution < -0.4 is 9.64 Å². The van der Waals surface area contributed by atoms with Gasteiger partial charge in [0.05, 0.1) is 0 Å².